The maximum atomic E-state index is 12.3. The molecule has 1 saturated heterocycles. The van der Waals surface area contributed by atoms with Gasteiger partial charge in [0, 0.05) is 14.1 Å². The highest BCUT2D eigenvalue weighted by Gasteiger charge is 2.35. The quantitative estimate of drug-likeness (QED) is 0.444. The Morgan fingerprint density at radius 3 is 2.23 bits per heavy atom. The summed E-state index contributed by atoms with van der Waals surface area (Å²) >= 11 is 5.06. The number of carbonyl (C=O) groups is 2. The number of rotatable bonds is 1. The Kier molecular flexibility index (Phi) is 3.37. The summed E-state index contributed by atoms with van der Waals surface area (Å²) < 4.78 is 10.6. The summed E-state index contributed by atoms with van der Waals surface area (Å²) in [5, 5.41) is 0.189. The van der Waals surface area contributed by atoms with Crippen LogP contribution in [-0.2, 0) is 9.59 Å². The molecule has 0 bridgehead atoms. The van der Waals surface area contributed by atoms with E-state index < -0.39 is 11.8 Å². The second-order valence-corrected chi connectivity index (χ2v) is 5.50. The molecule has 0 atom stereocenters. The molecule has 0 unspecified atom stereocenters. The Morgan fingerprint density at radius 2 is 1.64 bits per heavy atom. The Hall–Kier alpha value is -2.41. The van der Waals surface area contributed by atoms with Gasteiger partial charge in [0.2, 0.25) is 6.79 Å². The van der Waals surface area contributed by atoms with Crippen molar-refractivity contribution in [1.82, 2.24) is 9.80 Å². The topological polar surface area (TPSA) is 59.1 Å². The maximum absolute atomic E-state index is 12.3. The predicted molar refractivity (Wildman–Crippen MR) is 83.4 cm³/mol. The minimum atomic E-state index is -0.412. The molecule has 22 heavy (non-hydrogen) atoms. The number of fused-ring (bicyclic) bond motifs is 1. The number of carbonyl (C=O) groups excluding carboxylic acids is 2. The van der Waals surface area contributed by atoms with E-state index in [2.05, 4.69) is 0 Å². The minimum absolute atomic E-state index is 0.0700. The van der Waals surface area contributed by atoms with E-state index in [1.807, 2.05) is 13.0 Å². The van der Waals surface area contributed by atoms with Crippen LogP contribution < -0.4 is 9.47 Å². The Bertz CT molecular complexity index is 715. The van der Waals surface area contributed by atoms with Crippen molar-refractivity contribution in [2.24, 2.45) is 0 Å². The smallest absolute Gasteiger partial charge is 0.265 e. The summed E-state index contributed by atoms with van der Waals surface area (Å²) in [7, 11) is 3.10. The van der Waals surface area contributed by atoms with Gasteiger partial charge in [-0.3, -0.25) is 19.4 Å². The molecule has 2 amide bonds. The molecule has 1 aromatic rings. The number of hydrogen-bond donors (Lipinski definition) is 0. The van der Waals surface area contributed by atoms with Crippen LogP contribution in [0.1, 0.15) is 11.1 Å². The molecule has 6 nitrogen and oxygen atoms in total. The first-order valence-electron chi connectivity index (χ1n) is 6.62. The van der Waals surface area contributed by atoms with Crippen molar-refractivity contribution in [3.63, 3.8) is 0 Å². The second-order valence-electron chi connectivity index (χ2n) is 5.13. The third kappa shape index (κ3) is 2.14. The molecule has 2 aliphatic heterocycles. The molecule has 2 heterocycles. The van der Waals surface area contributed by atoms with Crippen LogP contribution in [0.3, 0.4) is 0 Å². The zero-order valence-electron chi connectivity index (χ0n) is 12.4. The van der Waals surface area contributed by atoms with Gasteiger partial charge in [0.25, 0.3) is 11.8 Å². The number of thiocarbonyl (C=S) groups is 1. The zero-order valence-corrected chi connectivity index (χ0v) is 13.2. The largest absolute Gasteiger partial charge is 0.454 e. The van der Waals surface area contributed by atoms with Crippen molar-refractivity contribution in [3.8, 4) is 11.5 Å². The SMILES string of the molecule is Cc1cc2c(cc1C=C1C(=O)N(C)C(=S)N(C)C1=O)OCO2. The van der Waals surface area contributed by atoms with Gasteiger partial charge in [-0.05, 0) is 48.5 Å². The average Bonchev–Trinajstić information content (AvgIpc) is 2.94. The molecular weight excluding hydrogens is 304 g/mol. The van der Waals surface area contributed by atoms with E-state index in [0.29, 0.717) is 11.5 Å². The highest BCUT2D eigenvalue weighted by molar-refractivity contribution is 7.80. The number of nitrogens with zero attached hydrogens (tertiary/aromatic N) is 2. The van der Waals surface area contributed by atoms with Crippen LogP contribution in [0.5, 0.6) is 11.5 Å². The average molecular weight is 318 g/mol. The van der Waals surface area contributed by atoms with Crippen molar-refractivity contribution >= 4 is 35.2 Å². The first kappa shape index (κ1) is 14.5. The minimum Gasteiger partial charge on any atom is -0.454 e. The highest BCUT2D eigenvalue weighted by atomic mass is 32.1. The summed E-state index contributed by atoms with van der Waals surface area (Å²) in [4.78, 5) is 27.2. The van der Waals surface area contributed by atoms with E-state index in [-0.39, 0.29) is 17.5 Å². The fourth-order valence-electron chi connectivity index (χ4n) is 2.35. The summed E-state index contributed by atoms with van der Waals surface area (Å²) in [6.45, 7) is 2.05. The molecular formula is C15H14N2O4S. The van der Waals surface area contributed by atoms with Crippen LogP contribution >= 0.6 is 12.2 Å². The van der Waals surface area contributed by atoms with Crippen molar-refractivity contribution in [2.45, 2.75) is 6.92 Å². The molecule has 3 rings (SSSR count). The number of amides is 2. The van der Waals surface area contributed by atoms with Gasteiger partial charge in [-0.15, -0.1) is 0 Å². The van der Waals surface area contributed by atoms with Gasteiger partial charge >= 0.3 is 0 Å². The van der Waals surface area contributed by atoms with Crippen molar-refractivity contribution in [2.75, 3.05) is 20.9 Å². The van der Waals surface area contributed by atoms with Crippen LogP contribution in [0, 0.1) is 6.92 Å². The van der Waals surface area contributed by atoms with Gasteiger partial charge in [-0.25, -0.2) is 0 Å². The summed E-state index contributed by atoms with van der Waals surface area (Å²) in [6.07, 6.45) is 1.57. The van der Waals surface area contributed by atoms with Gasteiger partial charge in [-0.2, -0.15) is 0 Å². The van der Waals surface area contributed by atoms with E-state index in [4.69, 9.17) is 21.7 Å². The fraction of sp³-hybridized carbons (Fsp3) is 0.267. The van der Waals surface area contributed by atoms with Gasteiger partial charge in [0.05, 0.1) is 0 Å². The molecule has 114 valence electrons. The number of aryl methyl sites for hydroxylation is 1. The van der Waals surface area contributed by atoms with Crippen molar-refractivity contribution < 1.29 is 19.1 Å². The third-order valence-electron chi connectivity index (χ3n) is 3.71. The molecule has 0 spiro atoms. The second kappa shape index (κ2) is 5.10. The van der Waals surface area contributed by atoms with Crippen LogP contribution in [-0.4, -0.2) is 47.6 Å². The van der Waals surface area contributed by atoms with Gasteiger partial charge in [-0.1, -0.05) is 0 Å². The first-order valence-corrected chi connectivity index (χ1v) is 7.03. The lowest BCUT2D eigenvalue weighted by molar-refractivity contribution is -0.132. The van der Waals surface area contributed by atoms with E-state index in [1.165, 1.54) is 9.80 Å². The maximum Gasteiger partial charge on any atom is 0.265 e. The van der Waals surface area contributed by atoms with Crippen molar-refractivity contribution in [1.29, 1.82) is 0 Å². The van der Waals surface area contributed by atoms with E-state index in [0.717, 1.165) is 11.1 Å². The molecule has 0 radical (unpaired) electrons. The van der Waals surface area contributed by atoms with Crippen LogP contribution in [0.15, 0.2) is 17.7 Å². The lowest BCUT2D eigenvalue weighted by Gasteiger charge is -2.31. The molecule has 0 aliphatic carbocycles. The summed E-state index contributed by atoms with van der Waals surface area (Å²) in [5.74, 6) is 0.442. The fourth-order valence-corrected chi connectivity index (χ4v) is 2.51. The lowest BCUT2D eigenvalue weighted by atomic mass is 10.0. The van der Waals surface area contributed by atoms with E-state index in [1.54, 1.807) is 26.2 Å². The van der Waals surface area contributed by atoms with Crippen molar-refractivity contribution in [3.05, 3.63) is 28.8 Å². The Morgan fingerprint density at radius 1 is 1.09 bits per heavy atom. The van der Waals surface area contributed by atoms with E-state index >= 15 is 0 Å². The molecule has 7 heteroatoms. The molecule has 2 aliphatic rings. The van der Waals surface area contributed by atoms with Crippen LogP contribution in [0.25, 0.3) is 6.08 Å². The molecule has 0 N–H and O–H groups in total. The van der Waals surface area contributed by atoms with Gasteiger partial charge in [0.1, 0.15) is 5.57 Å². The molecule has 0 aromatic heterocycles. The Labute approximate surface area is 132 Å². The zero-order chi connectivity index (χ0) is 16.0. The normalized spacial score (nSPS) is 17.4. The van der Waals surface area contributed by atoms with Crippen LogP contribution in [0.4, 0.5) is 0 Å². The number of likely N-dealkylation sites (N-methyl/N-ethyl adjacent to an activating group) is 2. The molecule has 0 saturated carbocycles. The number of benzene rings is 1. The summed E-state index contributed by atoms with van der Waals surface area (Å²) in [6, 6.07) is 3.59. The van der Waals surface area contributed by atoms with Gasteiger partial charge in [0.15, 0.2) is 16.6 Å². The Balaban J connectivity index is 2.06. The summed E-state index contributed by atoms with van der Waals surface area (Å²) in [5.41, 5.74) is 1.69. The third-order valence-corrected chi connectivity index (χ3v) is 4.25. The van der Waals surface area contributed by atoms with E-state index in [9.17, 15) is 9.59 Å². The highest BCUT2D eigenvalue weighted by Crippen LogP contribution is 2.35. The monoisotopic (exact) mass is 318 g/mol. The predicted octanol–water partition coefficient (Wildman–Crippen LogP) is 1.32. The van der Waals surface area contributed by atoms with Gasteiger partial charge < -0.3 is 9.47 Å². The molecule has 1 aromatic carbocycles. The standard InChI is InChI=1S/C15H14N2O4S/c1-8-4-11-12(21-7-20-11)6-9(8)5-10-13(18)16(2)15(22)17(3)14(10)19/h4-6H,7H2,1-3H3. The molecule has 1 fully saturated rings. The number of hydrogen-bond acceptors (Lipinski definition) is 5. The van der Waals surface area contributed by atoms with Crippen LogP contribution in [0.2, 0.25) is 0 Å². The first-order chi connectivity index (χ1) is 10.4. The lowest BCUT2D eigenvalue weighted by Crippen LogP contribution is -2.52. The number of ether oxygens (including phenoxy) is 2.